The lowest BCUT2D eigenvalue weighted by atomic mass is 9.57. The van der Waals surface area contributed by atoms with Crippen LogP contribution >= 0.6 is 0 Å². The van der Waals surface area contributed by atoms with Gasteiger partial charge in [-0.2, -0.15) is 0 Å². The average molecular weight is 322 g/mol. The maximum atomic E-state index is 11.5. The molecule has 6 nitrogen and oxygen atoms in total. The molecule has 0 aromatic heterocycles. The number of carbonyl (C=O) groups excluding carboxylic acids is 1. The highest BCUT2D eigenvalue weighted by molar-refractivity contribution is 5.81. The zero-order valence-corrected chi connectivity index (χ0v) is 14.8. The molecule has 3 atom stereocenters. The van der Waals surface area contributed by atoms with E-state index in [9.17, 15) is 4.79 Å². The molecule has 2 saturated heterocycles. The van der Waals surface area contributed by atoms with Gasteiger partial charge in [0.1, 0.15) is 0 Å². The minimum absolute atomic E-state index is 0.150. The molecule has 1 N–H and O–H groups in total. The molecule has 3 unspecified atom stereocenters. The van der Waals surface area contributed by atoms with Gasteiger partial charge in [0.15, 0.2) is 5.96 Å². The number of piperazine rings is 1. The SMILES string of the molecule is CCN=C(NC1C2CCOC2C1(C)C)N1CCN(C(C)=O)CC1. The molecular weight excluding hydrogens is 292 g/mol. The van der Waals surface area contributed by atoms with Crippen molar-refractivity contribution in [3.63, 3.8) is 0 Å². The first-order valence-electron chi connectivity index (χ1n) is 8.88. The van der Waals surface area contributed by atoms with E-state index in [4.69, 9.17) is 9.73 Å². The average Bonchev–Trinajstić information content (AvgIpc) is 2.98. The van der Waals surface area contributed by atoms with E-state index in [0.29, 0.717) is 18.1 Å². The fourth-order valence-corrected chi connectivity index (χ4v) is 4.38. The molecule has 1 amide bonds. The maximum Gasteiger partial charge on any atom is 0.219 e. The Hall–Kier alpha value is -1.30. The van der Waals surface area contributed by atoms with Crippen molar-refractivity contribution in [1.29, 1.82) is 0 Å². The second-order valence-electron chi connectivity index (χ2n) is 7.48. The Bertz CT molecular complexity index is 483. The van der Waals surface area contributed by atoms with Crippen molar-refractivity contribution in [3.05, 3.63) is 0 Å². The van der Waals surface area contributed by atoms with Crippen LogP contribution in [0.2, 0.25) is 0 Å². The van der Waals surface area contributed by atoms with Crippen LogP contribution in [0.25, 0.3) is 0 Å². The Morgan fingerprint density at radius 3 is 2.52 bits per heavy atom. The molecule has 0 aromatic carbocycles. The highest BCUT2D eigenvalue weighted by Crippen LogP contribution is 2.52. The van der Waals surface area contributed by atoms with Crippen LogP contribution in [0.4, 0.5) is 0 Å². The molecule has 3 rings (SSSR count). The Labute approximate surface area is 139 Å². The summed E-state index contributed by atoms with van der Waals surface area (Å²) in [6.45, 7) is 13.2. The zero-order chi connectivity index (χ0) is 16.6. The summed E-state index contributed by atoms with van der Waals surface area (Å²) in [5.74, 6) is 1.77. The molecule has 2 heterocycles. The minimum Gasteiger partial charge on any atom is -0.377 e. The van der Waals surface area contributed by atoms with Gasteiger partial charge in [-0.05, 0) is 13.3 Å². The molecule has 1 aliphatic carbocycles. The normalized spacial score (nSPS) is 33.2. The fourth-order valence-electron chi connectivity index (χ4n) is 4.38. The topological polar surface area (TPSA) is 57.2 Å². The largest absolute Gasteiger partial charge is 0.377 e. The molecule has 6 heteroatoms. The van der Waals surface area contributed by atoms with E-state index in [0.717, 1.165) is 51.7 Å². The predicted molar refractivity (Wildman–Crippen MR) is 90.4 cm³/mol. The summed E-state index contributed by atoms with van der Waals surface area (Å²) in [5.41, 5.74) is 0.150. The summed E-state index contributed by atoms with van der Waals surface area (Å²) in [6.07, 6.45) is 1.53. The van der Waals surface area contributed by atoms with Crippen LogP contribution in [0.5, 0.6) is 0 Å². The van der Waals surface area contributed by atoms with Gasteiger partial charge < -0.3 is 19.9 Å². The summed E-state index contributed by atoms with van der Waals surface area (Å²) in [4.78, 5) is 20.4. The van der Waals surface area contributed by atoms with Crippen molar-refractivity contribution in [2.45, 2.75) is 46.3 Å². The number of hydrogen-bond acceptors (Lipinski definition) is 3. The zero-order valence-electron chi connectivity index (χ0n) is 14.8. The van der Waals surface area contributed by atoms with Crippen LogP contribution in [0.3, 0.4) is 0 Å². The van der Waals surface area contributed by atoms with Gasteiger partial charge in [0, 0.05) is 63.6 Å². The lowest BCUT2D eigenvalue weighted by molar-refractivity contribution is -0.130. The van der Waals surface area contributed by atoms with Gasteiger partial charge in [0.25, 0.3) is 0 Å². The number of aliphatic imine (C=N–C) groups is 1. The fraction of sp³-hybridized carbons (Fsp3) is 0.882. The third-order valence-electron chi connectivity index (χ3n) is 5.72. The Morgan fingerprint density at radius 1 is 1.26 bits per heavy atom. The number of carbonyl (C=O) groups is 1. The molecule has 0 bridgehead atoms. The van der Waals surface area contributed by atoms with E-state index in [2.05, 4.69) is 31.0 Å². The molecular formula is C17H30N4O2. The van der Waals surface area contributed by atoms with Gasteiger partial charge in [-0.1, -0.05) is 13.8 Å². The van der Waals surface area contributed by atoms with Crippen LogP contribution in [0, 0.1) is 11.3 Å². The van der Waals surface area contributed by atoms with E-state index in [1.807, 2.05) is 4.90 Å². The first kappa shape index (κ1) is 16.6. The van der Waals surface area contributed by atoms with E-state index in [1.165, 1.54) is 0 Å². The van der Waals surface area contributed by atoms with E-state index in [1.54, 1.807) is 6.92 Å². The smallest absolute Gasteiger partial charge is 0.219 e. The number of fused-ring (bicyclic) bond motifs is 1. The second kappa shape index (κ2) is 6.30. The van der Waals surface area contributed by atoms with E-state index in [-0.39, 0.29) is 11.3 Å². The van der Waals surface area contributed by atoms with Gasteiger partial charge in [0.2, 0.25) is 5.91 Å². The van der Waals surface area contributed by atoms with Crippen LogP contribution < -0.4 is 5.32 Å². The molecule has 23 heavy (non-hydrogen) atoms. The quantitative estimate of drug-likeness (QED) is 0.607. The van der Waals surface area contributed by atoms with Crippen molar-refractivity contribution < 1.29 is 9.53 Å². The third-order valence-corrected chi connectivity index (χ3v) is 5.72. The van der Waals surface area contributed by atoms with Gasteiger partial charge >= 0.3 is 0 Å². The molecule has 1 saturated carbocycles. The summed E-state index contributed by atoms with van der Waals surface area (Å²) < 4.78 is 5.89. The number of ether oxygens (including phenoxy) is 1. The first-order chi connectivity index (χ1) is 10.9. The monoisotopic (exact) mass is 322 g/mol. The van der Waals surface area contributed by atoms with Crippen LogP contribution in [0.1, 0.15) is 34.1 Å². The van der Waals surface area contributed by atoms with Crippen molar-refractivity contribution in [2.75, 3.05) is 39.3 Å². The Kier molecular flexibility index (Phi) is 4.54. The van der Waals surface area contributed by atoms with Crippen molar-refractivity contribution in [3.8, 4) is 0 Å². The second-order valence-corrected chi connectivity index (χ2v) is 7.48. The highest BCUT2D eigenvalue weighted by atomic mass is 16.5. The molecule has 0 spiro atoms. The summed E-state index contributed by atoms with van der Waals surface area (Å²) in [7, 11) is 0. The molecule has 130 valence electrons. The van der Waals surface area contributed by atoms with Crippen molar-refractivity contribution in [2.24, 2.45) is 16.3 Å². The van der Waals surface area contributed by atoms with Gasteiger partial charge in [-0.3, -0.25) is 9.79 Å². The first-order valence-corrected chi connectivity index (χ1v) is 8.88. The Balaban J connectivity index is 1.64. The van der Waals surface area contributed by atoms with Crippen LogP contribution in [0.15, 0.2) is 4.99 Å². The number of guanidine groups is 1. The lowest BCUT2D eigenvalue weighted by Gasteiger charge is -2.55. The number of amides is 1. The van der Waals surface area contributed by atoms with Crippen molar-refractivity contribution in [1.82, 2.24) is 15.1 Å². The maximum absolute atomic E-state index is 11.5. The number of rotatable bonds is 2. The number of nitrogens with zero attached hydrogens (tertiary/aromatic N) is 3. The molecule has 0 aromatic rings. The van der Waals surface area contributed by atoms with Gasteiger partial charge in [-0.15, -0.1) is 0 Å². The molecule has 3 fully saturated rings. The highest BCUT2D eigenvalue weighted by Gasteiger charge is 2.59. The lowest BCUT2D eigenvalue weighted by Crippen LogP contribution is -2.68. The van der Waals surface area contributed by atoms with Crippen LogP contribution in [-0.2, 0) is 9.53 Å². The predicted octanol–water partition coefficient (Wildman–Crippen LogP) is 0.929. The van der Waals surface area contributed by atoms with Gasteiger partial charge in [-0.25, -0.2) is 0 Å². The summed E-state index contributed by atoms with van der Waals surface area (Å²) >= 11 is 0. The molecule has 2 aliphatic heterocycles. The van der Waals surface area contributed by atoms with Gasteiger partial charge in [0.05, 0.1) is 6.10 Å². The number of nitrogens with one attached hydrogen (secondary N) is 1. The minimum atomic E-state index is 0.150. The summed E-state index contributed by atoms with van der Waals surface area (Å²) in [5, 5.41) is 3.72. The summed E-state index contributed by atoms with van der Waals surface area (Å²) in [6, 6.07) is 0.422. The van der Waals surface area contributed by atoms with Crippen molar-refractivity contribution >= 4 is 11.9 Å². The van der Waals surface area contributed by atoms with E-state index >= 15 is 0 Å². The molecule has 0 radical (unpaired) electrons. The third kappa shape index (κ3) is 2.93. The number of hydrogen-bond donors (Lipinski definition) is 1. The van der Waals surface area contributed by atoms with E-state index < -0.39 is 0 Å². The van der Waals surface area contributed by atoms with Crippen LogP contribution in [-0.4, -0.2) is 73.1 Å². The molecule has 3 aliphatic rings. The standard InChI is InChI=1S/C17H30N4O2/c1-5-18-16(21-9-7-20(8-10-21)12(2)22)19-14-13-6-11-23-15(13)17(14,3)4/h13-15H,5-11H2,1-4H3,(H,18,19). The Morgan fingerprint density at radius 2 is 1.91 bits per heavy atom.